The fourth-order valence-electron chi connectivity index (χ4n) is 4.03. The summed E-state index contributed by atoms with van der Waals surface area (Å²) in [6.07, 6.45) is 1.45. The van der Waals surface area contributed by atoms with Gasteiger partial charge >= 0.3 is 5.97 Å². The number of nitrogens with one attached hydrogen (secondary N) is 1. The maximum atomic E-state index is 12.6. The van der Waals surface area contributed by atoms with Crippen LogP contribution in [0.2, 0.25) is 0 Å². The van der Waals surface area contributed by atoms with Crippen LogP contribution in [0.5, 0.6) is 11.5 Å². The van der Waals surface area contributed by atoms with Gasteiger partial charge in [-0.2, -0.15) is 5.26 Å². The molecule has 2 heterocycles. The molecule has 1 N–H and O–H groups in total. The molecule has 0 spiro atoms. The zero-order chi connectivity index (χ0) is 26.5. The van der Waals surface area contributed by atoms with Gasteiger partial charge in [-0.3, -0.25) is 9.59 Å². The number of anilines is 1. The number of rotatable bonds is 8. The van der Waals surface area contributed by atoms with Crippen molar-refractivity contribution in [2.24, 2.45) is 0 Å². The first-order valence-electron chi connectivity index (χ1n) is 11.6. The molecule has 0 atom stereocenters. The molecule has 1 aromatic heterocycles. The highest BCUT2D eigenvalue weighted by molar-refractivity contribution is 6.03. The number of carbonyl (C=O) groups excluding carboxylic acids is 3. The van der Waals surface area contributed by atoms with Crippen molar-refractivity contribution in [2.75, 3.05) is 25.1 Å². The molecule has 4 rings (SSSR count). The number of ether oxygens (including phenoxy) is 3. The molecule has 2 aromatic carbocycles. The average Bonchev–Trinajstić information content (AvgIpc) is 3.18. The van der Waals surface area contributed by atoms with E-state index in [9.17, 15) is 19.6 Å². The van der Waals surface area contributed by atoms with Crippen LogP contribution in [0.15, 0.2) is 54.1 Å². The van der Waals surface area contributed by atoms with Crippen molar-refractivity contribution >= 4 is 29.4 Å². The Morgan fingerprint density at radius 3 is 2.62 bits per heavy atom. The van der Waals surface area contributed by atoms with Crippen molar-refractivity contribution < 1.29 is 28.6 Å². The maximum Gasteiger partial charge on any atom is 0.349 e. The van der Waals surface area contributed by atoms with Crippen LogP contribution in [-0.2, 0) is 14.3 Å². The van der Waals surface area contributed by atoms with Crippen LogP contribution >= 0.6 is 0 Å². The Morgan fingerprint density at radius 2 is 1.92 bits per heavy atom. The van der Waals surface area contributed by atoms with Crippen molar-refractivity contribution in [3.05, 3.63) is 76.6 Å². The molecule has 188 valence electrons. The van der Waals surface area contributed by atoms with Gasteiger partial charge in [-0.25, -0.2) is 4.79 Å². The second-order valence-electron chi connectivity index (χ2n) is 8.31. The predicted octanol–water partition coefficient (Wildman–Crippen LogP) is 4.16. The smallest absolute Gasteiger partial charge is 0.349 e. The molecule has 9 heteroatoms. The number of aryl methyl sites for hydroxylation is 1. The Bertz CT molecular complexity index is 1440. The van der Waals surface area contributed by atoms with Gasteiger partial charge in [0.15, 0.2) is 19.0 Å². The number of benzene rings is 2. The lowest BCUT2D eigenvalue weighted by Crippen LogP contribution is -2.25. The average molecular weight is 500 g/mol. The number of ketones is 1. The lowest BCUT2D eigenvalue weighted by molar-refractivity contribution is -0.137. The number of amides is 1. The summed E-state index contributed by atoms with van der Waals surface area (Å²) in [5.41, 5.74) is 3.71. The number of aromatic nitrogens is 1. The number of carbonyl (C=O) groups is 3. The first-order chi connectivity index (χ1) is 17.8. The highest BCUT2D eigenvalue weighted by Crippen LogP contribution is 2.29. The number of hydrogen-bond acceptors (Lipinski definition) is 7. The molecule has 1 aliphatic heterocycles. The third-order valence-electron chi connectivity index (χ3n) is 5.79. The van der Waals surface area contributed by atoms with Crippen molar-refractivity contribution in [1.29, 1.82) is 5.26 Å². The van der Waals surface area contributed by atoms with Crippen LogP contribution in [0.4, 0.5) is 5.69 Å². The summed E-state index contributed by atoms with van der Waals surface area (Å²) in [7, 11) is 0. The molecule has 0 saturated carbocycles. The second kappa shape index (κ2) is 10.8. The summed E-state index contributed by atoms with van der Waals surface area (Å²) >= 11 is 0. The van der Waals surface area contributed by atoms with Gasteiger partial charge in [0, 0.05) is 22.6 Å². The molecule has 9 nitrogen and oxygen atoms in total. The number of nitrogens with zero attached hydrogens (tertiary/aromatic N) is 2. The highest BCUT2D eigenvalue weighted by atomic mass is 16.5. The molecule has 0 aliphatic carbocycles. The fourth-order valence-corrected chi connectivity index (χ4v) is 4.03. The zero-order valence-corrected chi connectivity index (χ0v) is 20.7. The molecule has 0 bridgehead atoms. The quantitative estimate of drug-likeness (QED) is 0.214. The summed E-state index contributed by atoms with van der Waals surface area (Å²) in [5, 5.41) is 12.2. The SMILES string of the molecule is CCOc1ccc(-n2c(C)cc(C=C(C#N)C(=O)OCC(=O)c3ccc4c(c3)NC(=O)CO4)c2C)cc1. The topological polar surface area (TPSA) is 120 Å². The van der Waals surface area contributed by atoms with Gasteiger partial charge in [-0.05, 0) is 80.9 Å². The summed E-state index contributed by atoms with van der Waals surface area (Å²) in [6, 6.07) is 15.9. The van der Waals surface area contributed by atoms with E-state index < -0.39 is 18.4 Å². The van der Waals surface area contributed by atoms with Crippen molar-refractivity contribution in [1.82, 2.24) is 4.57 Å². The number of fused-ring (bicyclic) bond motifs is 1. The van der Waals surface area contributed by atoms with Crippen LogP contribution in [0.25, 0.3) is 11.8 Å². The van der Waals surface area contributed by atoms with Gasteiger partial charge in [-0.15, -0.1) is 0 Å². The lowest BCUT2D eigenvalue weighted by atomic mass is 10.1. The summed E-state index contributed by atoms with van der Waals surface area (Å²) in [6.45, 7) is 5.66. The van der Waals surface area contributed by atoms with Crippen LogP contribution in [0.1, 0.15) is 34.2 Å². The normalized spacial score (nSPS) is 12.6. The van der Waals surface area contributed by atoms with Gasteiger partial charge in [-0.1, -0.05) is 0 Å². The lowest BCUT2D eigenvalue weighted by Gasteiger charge is -2.18. The van der Waals surface area contributed by atoms with Crippen molar-refractivity contribution in [2.45, 2.75) is 20.8 Å². The molecular weight excluding hydrogens is 474 g/mol. The maximum absolute atomic E-state index is 12.6. The van der Waals surface area contributed by atoms with E-state index in [-0.39, 0.29) is 23.7 Å². The van der Waals surface area contributed by atoms with Gasteiger partial charge in [0.2, 0.25) is 0 Å². The largest absolute Gasteiger partial charge is 0.494 e. The van der Waals surface area contributed by atoms with Gasteiger partial charge in [0.1, 0.15) is 23.1 Å². The molecule has 0 saturated heterocycles. The minimum Gasteiger partial charge on any atom is -0.494 e. The molecule has 37 heavy (non-hydrogen) atoms. The van der Waals surface area contributed by atoms with E-state index in [0.29, 0.717) is 23.6 Å². The molecule has 1 amide bonds. The summed E-state index contributed by atoms with van der Waals surface area (Å²) < 4.78 is 17.9. The van der Waals surface area contributed by atoms with Gasteiger partial charge < -0.3 is 24.1 Å². The molecule has 1 aliphatic rings. The molecule has 0 fully saturated rings. The van der Waals surface area contributed by atoms with E-state index in [1.165, 1.54) is 18.2 Å². The third-order valence-corrected chi connectivity index (χ3v) is 5.79. The van der Waals surface area contributed by atoms with Crippen LogP contribution < -0.4 is 14.8 Å². The molecule has 0 radical (unpaired) electrons. The Hall–Kier alpha value is -4.84. The van der Waals surface area contributed by atoms with E-state index in [2.05, 4.69) is 5.32 Å². The minimum atomic E-state index is -0.906. The first-order valence-corrected chi connectivity index (χ1v) is 11.6. The van der Waals surface area contributed by atoms with E-state index in [1.807, 2.05) is 61.7 Å². The number of Topliss-reactive ketones (excluding diaryl/α,β-unsaturated/α-hetero) is 1. The van der Waals surface area contributed by atoms with Gasteiger partial charge in [0.25, 0.3) is 5.91 Å². The van der Waals surface area contributed by atoms with Crippen LogP contribution in [-0.4, -0.2) is 42.0 Å². The Kier molecular flexibility index (Phi) is 7.39. The van der Waals surface area contributed by atoms with E-state index >= 15 is 0 Å². The Morgan fingerprint density at radius 1 is 1.16 bits per heavy atom. The second-order valence-corrected chi connectivity index (χ2v) is 8.31. The molecule has 3 aromatic rings. The zero-order valence-electron chi connectivity index (χ0n) is 20.7. The molecular formula is C28H25N3O6. The van der Waals surface area contributed by atoms with Gasteiger partial charge in [0.05, 0.1) is 12.3 Å². The number of esters is 1. The molecule has 0 unspecified atom stereocenters. The minimum absolute atomic E-state index is 0.0935. The first kappa shape index (κ1) is 25.3. The van der Waals surface area contributed by atoms with Crippen molar-refractivity contribution in [3.63, 3.8) is 0 Å². The number of nitriles is 1. The summed E-state index contributed by atoms with van der Waals surface area (Å²) in [5.74, 6) is -0.496. The van der Waals surface area contributed by atoms with Crippen LogP contribution in [0.3, 0.4) is 0 Å². The summed E-state index contributed by atoms with van der Waals surface area (Å²) in [4.78, 5) is 36.7. The fraction of sp³-hybridized carbons (Fsp3) is 0.214. The van der Waals surface area contributed by atoms with Crippen LogP contribution in [0, 0.1) is 25.2 Å². The third kappa shape index (κ3) is 5.54. The van der Waals surface area contributed by atoms with Crippen molar-refractivity contribution in [3.8, 4) is 23.3 Å². The monoisotopic (exact) mass is 499 g/mol. The Balaban J connectivity index is 1.47. The highest BCUT2D eigenvalue weighted by Gasteiger charge is 2.20. The van der Waals surface area contributed by atoms with E-state index in [0.717, 1.165) is 22.8 Å². The van der Waals surface area contributed by atoms with E-state index in [4.69, 9.17) is 14.2 Å². The Labute approximate surface area is 213 Å². The predicted molar refractivity (Wildman–Crippen MR) is 136 cm³/mol. The standard InChI is InChI=1S/C28H25N3O6/c1-4-35-23-8-6-22(7-9-23)31-17(2)11-20(18(31)3)12-21(14-29)28(34)37-15-25(32)19-5-10-26-24(13-19)30-27(33)16-36-26/h5-13H,4,15-16H2,1-3H3,(H,30,33). The number of hydrogen-bond donors (Lipinski definition) is 1. The van der Waals surface area contributed by atoms with E-state index in [1.54, 1.807) is 6.07 Å².